The summed E-state index contributed by atoms with van der Waals surface area (Å²) in [6.45, 7) is 4.48. The number of methoxy groups -OCH3 is 1. The quantitative estimate of drug-likeness (QED) is 0.795. The molecule has 3 nitrogen and oxygen atoms in total. The summed E-state index contributed by atoms with van der Waals surface area (Å²) in [6.07, 6.45) is 0. The molecule has 2 aromatic rings. The van der Waals surface area contributed by atoms with E-state index in [-0.39, 0.29) is 5.97 Å². The number of esters is 1. The first-order chi connectivity index (χ1) is 9.60. The minimum Gasteiger partial charge on any atom is -0.489 e. The van der Waals surface area contributed by atoms with Crippen molar-refractivity contribution in [3.8, 4) is 5.75 Å². The summed E-state index contributed by atoms with van der Waals surface area (Å²) < 4.78 is 10.5. The first-order valence-corrected chi connectivity index (χ1v) is 6.47. The number of hydrogen-bond donors (Lipinski definition) is 0. The maximum Gasteiger partial charge on any atom is 0.337 e. The molecule has 0 bridgehead atoms. The Labute approximate surface area is 119 Å². The summed E-state index contributed by atoms with van der Waals surface area (Å²) in [6, 6.07) is 13.5. The Kier molecular flexibility index (Phi) is 4.41. The van der Waals surface area contributed by atoms with Crippen LogP contribution in [0.4, 0.5) is 0 Å². The molecule has 0 N–H and O–H groups in total. The van der Waals surface area contributed by atoms with E-state index in [1.54, 1.807) is 12.1 Å². The Bertz CT molecular complexity index is 617. The number of carbonyl (C=O) groups excluding carboxylic acids is 1. The Morgan fingerprint density at radius 3 is 2.60 bits per heavy atom. The summed E-state index contributed by atoms with van der Waals surface area (Å²) in [5, 5.41) is 0. The maximum absolute atomic E-state index is 11.5. The van der Waals surface area contributed by atoms with Gasteiger partial charge in [0, 0.05) is 0 Å². The number of hydrogen-bond acceptors (Lipinski definition) is 3. The van der Waals surface area contributed by atoms with Gasteiger partial charge < -0.3 is 9.47 Å². The van der Waals surface area contributed by atoms with E-state index in [1.807, 2.05) is 38.1 Å². The van der Waals surface area contributed by atoms with Crippen molar-refractivity contribution in [2.45, 2.75) is 20.5 Å². The van der Waals surface area contributed by atoms with Crippen LogP contribution in [-0.2, 0) is 11.3 Å². The van der Waals surface area contributed by atoms with Crippen LogP contribution in [0.25, 0.3) is 0 Å². The van der Waals surface area contributed by atoms with E-state index in [0.717, 1.165) is 11.1 Å². The van der Waals surface area contributed by atoms with Crippen molar-refractivity contribution in [2.75, 3.05) is 7.11 Å². The third kappa shape index (κ3) is 3.38. The van der Waals surface area contributed by atoms with Crippen molar-refractivity contribution in [1.82, 2.24) is 0 Å². The van der Waals surface area contributed by atoms with E-state index in [2.05, 4.69) is 6.07 Å². The fourth-order valence-corrected chi connectivity index (χ4v) is 1.96. The van der Waals surface area contributed by atoms with E-state index in [1.165, 1.54) is 12.7 Å². The third-order valence-corrected chi connectivity index (χ3v) is 3.09. The zero-order chi connectivity index (χ0) is 14.5. The molecule has 0 unspecified atom stereocenters. The Morgan fingerprint density at radius 2 is 1.90 bits per heavy atom. The highest BCUT2D eigenvalue weighted by molar-refractivity contribution is 5.89. The molecule has 0 aliphatic carbocycles. The van der Waals surface area contributed by atoms with Crippen LogP contribution in [0.5, 0.6) is 5.75 Å². The largest absolute Gasteiger partial charge is 0.489 e. The smallest absolute Gasteiger partial charge is 0.337 e. The van der Waals surface area contributed by atoms with Crippen molar-refractivity contribution in [1.29, 1.82) is 0 Å². The summed E-state index contributed by atoms with van der Waals surface area (Å²) in [7, 11) is 1.37. The predicted molar refractivity (Wildman–Crippen MR) is 78.0 cm³/mol. The zero-order valence-electron chi connectivity index (χ0n) is 12.0. The standard InChI is InChI=1S/C17H18O3/c1-12-5-4-6-14(9-12)11-20-16-10-15(17(18)19-3)8-7-13(16)2/h4-10H,11H2,1-3H3. The van der Waals surface area contributed by atoms with Crippen molar-refractivity contribution < 1.29 is 14.3 Å². The summed E-state index contributed by atoms with van der Waals surface area (Å²) in [5.41, 5.74) is 3.79. The molecule has 3 heteroatoms. The molecule has 20 heavy (non-hydrogen) atoms. The molecule has 0 heterocycles. The average Bonchev–Trinajstić information content (AvgIpc) is 2.45. The first kappa shape index (κ1) is 14.1. The number of ether oxygens (including phenoxy) is 2. The van der Waals surface area contributed by atoms with Crippen LogP contribution in [0, 0.1) is 13.8 Å². The molecule has 0 aliphatic rings. The van der Waals surface area contributed by atoms with Crippen LogP contribution >= 0.6 is 0 Å². The second-order valence-corrected chi connectivity index (χ2v) is 4.75. The summed E-state index contributed by atoms with van der Waals surface area (Å²) >= 11 is 0. The van der Waals surface area contributed by atoms with Gasteiger partial charge in [-0.3, -0.25) is 0 Å². The maximum atomic E-state index is 11.5. The molecule has 0 saturated heterocycles. The van der Waals surface area contributed by atoms with Gasteiger partial charge in [-0.25, -0.2) is 4.79 Å². The molecule has 0 aromatic heterocycles. The zero-order valence-corrected chi connectivity index (χ0v) is 12.0. The van der Waals surface area contributed by atoms with Gasteiger partial charge in [0.2, 0.25) is 0 Å². The van der Waals surface area contributed by atoms with Gasteiger partial charge in [-0.05, 0) is 37.1 Å². The SMILES string of the molecule is COC(=O)c1ccc(C)c(OCc2cccc(C)c2)c1. The predicted octanol–water partition coefficient (Wildman–Crippen LogP) is 3.67. The minimum absolute atomic E-state index is 0.356. The normalized spacial score (nSPS) is 10.2. The highest BCUT2D eigenvalue weighted by atomic mass is 16.5. The Balaban J connectivity index is 2.14. The van der Waals surface area contributed by atoms with Gasteiger partial charge in [0.25, 0.3) is 0 Å². The molecule has 104 valence electrons. The summed E-state index contributed by atoms with van der Waals surface area (Å²) in [4.78, 5) is 11.5. The lowest BCUT2D eigenvalue weighted by Crippen LogP contribution is -2.03. The Morgan fingerprint density at radius 1 is 1.10 bits per heavy atom. The third-order valence-electron chi connectivity index (χ3n) is 3.09. The molecule has 0 aliphatic heterocycles. The van der Waals surface area contributed by atoms with Gasteiger partial charge in [0.15, 0.2) is 0 Å². The van der Waals surface area contributed by atoms with Crippen molar-refractivity contribution in [3.05, 3.63) is 64.7 Å². The number of carbonyl (C=O) groups is 1. The van der Waals surface area contributed by atoms with Crippen molar-refractivity contribution >= 4 is 5.97 Å². The monoisotopic (exact) mass is 270 g/mol. The lowest BCUT2D eigenvalue weighted by atomic mass is 10.1. The highest BCUT2D eigenvalue weighted by Crippen LogP contribution is 2.21. The van der Waals surface area contributed by atoms with Crippen molar-refractivity contribution in [3.63, 3.8) is 0 Å². The average molecular weight is 270 g/mol. The molecular formula is C17H18O3. The Hall–Kier alpha value is -2.29. The topological polar surface area (TPSA) is 35.5 Å². The number of rotatable bonds is 4. The van der Waals surface area contributed by atoms with E-state index >= 15 is 0 Å². The fourth-order valence-electron chi connectivity index (χ4n) is 1.96. The second kappa shape index (κ2) is 6.24. The number of aryl methyl sites for hydroxylation is 2. The van der Waals surface area contributed by atoms with Crippen LogP contribution in [0.1, 0.15) is 27.0 Å². The van der Waals surface area contributed by atoms with E-state index < -0.39 is 0 Å². The van der Waals surface area contributed by atoms with Crippen LogP contribution in [0.15, 0.2) is 42.5 Å². The molecule has 0 atom stereocenters. The van der Waals surface area contributed by atoms with Gasteiger partial charge in [-0.1, -0.05) is 35.9 Å². The van der Waals surface area contributed by atoms with Gasteiger partial charge in [-0.15, -0.1) is 0 Å². The van der Waals surface area contributed by atoms with Gasteiger partial charge in [0.05, 0.1) is 12.7 Å². The number of benzene rings is 2. The van der Waals surface area contributed by atoms with E-state index in [4.69, 9.17) is 9.47 Å². The summed E-state index contributed by atoms with van der Waals surface area (Å²) in [5.74, 6) is 0.347. The van der Waals surface area contributed by atoms with Crippen molar-refractivity contribution in [2.24, 2.45) is 0 Å². The molecule has 0 amide bonds. The second-order valence-electron chi connectivity index (χ2n) is 4.75. The van der Waals surface area contributed by atoms with E-state index in [9.17, 15) is 4.79 Å². The van der Waals surface area contributed by atoms with Gasteiger partial charge >= 0.3 is 5.97 Å². The van der Waals surface area contributed by atoms with Gasteiger partial charge in [-0.2, -0.15) is 0 Å². The molecule has 0 fully saturated rings. The first-order valence-electron chi connectivity index (χ1n) is 6.47. The van der Waals surface area contributed by atoms with Crippen LogP contribution < -0.4 is 4.74 Å². The van der Waals surface area contributed by atoms with Crippen LogP contribution in [-0.4, -0.2) is 13.1 Å². The van der Waals surface area contributed by atoms with E-state index in [0.29, 0.717) is 17.9 Å². The lowest BCUT2D eigenvalue weighted by molar-refractivity contribution is 0.0600. The van der Waals surface area contributed by atoms with Crippen LogP contribution in [0.3, 0.4) is 0 Å². The molecule has 2 rings (SSSR count). The molecule has 0 radical (unpaired) electrons. The minimum atomic E-state index is -0.356. The van der Waals surface area contributed by atoms with Crippen LogP contribution in [0.2, 0.25) is 0 Å². The highest BCUT2D eigenvalue weighted by Gasteiger charge is 2.09. The molecule has 0 spiro atoms. The fraction of sp³-hybridized carbons (Fsp3) is 0.235. The molecule has 2 aromatic carbocycles. The van der Waals surface area contributed by atoms with Gasteiger partial charge in [0.1, 0.15) is 12.4 Å². The molecule has 0 saturated carbocycles. The lowest BCUT2D eigenvalue weighted by Gasteiger charge is -2.11. The molecular weight excluding hydrogens is 252 g/mol.